The van der Waals surface area contributed by atoms with Gasteiger partial charge in [0.2, 0.25) is 5.91 Å². The maximum absolute atomic E-state index is 12.0. The fraction of sp³-hybridized carbons (Fsp3) is 0.588. The second-order valence-electron chi connectivity index (χ2n) is 5.44. The van der Waals surface area contributed by atoms with Gasteiger partial charge in [0.05, 0.1) is 11.8 Å². The minimum absolute atomic E-state index is 0.0340. The Morgan fingerprint density at radius 1 is 1.50 bits per heavy atom. The maximum atomic E-state index is 12.0. The number of carbonyl (C=O) groups excluding carboxylic acids is 1. The molecule has 22 heavy (non-hydrogen) atoms. The van der Waals surface area contributed by atoms with Crippen molar-refractivity contribution in [1.29, 1.82) is 0 Å². The predicted octanol–water partition coefficient (Wildman–Crippen LogP) is 3.63. The normalized spacial score (nSPS) is 17.5. The molecule has 0 aliphatic carbocycles. The summed E-state index contributed by atoms with van der Waals surface area (Å²) in [5.41, 5.74) is 1.86. The first-order valence-corrected chi connectivity index (χ1v) is 9.07. The van der Waals surface area contributed by atoms with Crippen LogP contribution in [0.4, 0.5) is 5.69 Å². The van der Waals surface area contributed by atoms with Crippen molar-refractivity contribution in [3.05, 3.63) is 23.8 Å². The molecule has 0 spiro atoms. The van der Waals surface area contributed by atoms with Crippen molar-refractivity contribution < 1.29 is 14.3 Å². The van der Waals surface area contributed by atoms with E-state index < -0.39 is 0 Å². The lowest BCUT2D eigenvalue weighted by Crippen LogP contribution is -2.18. The van der Waals surface area contributed by atoms with Gasteiger partial charge in [-0.2, -0.15) is 11.8 Å². The first kappa shape index (κ1) is 17.2. The van der Waals surface area contributed by atoms with E-state index in [1.807, 2.05) is 25.1 Å². The number of carbonyl (C=O) groups is 1. The van der Waals surface area contributed by atoms with Gasteiger partial charge in [-0.05, 0) is 43.2 Å². The van der Waals surface area contributed by atoms with Gasteiger partial charge in [0.25, 0.3) is 0 Å². The van der Waals surface area contributed by atoms with Gasteiger partial charge < -0.3 is 14.8 Å². The SMILES string of the molecule is CCSCCC(=O)Nc1ccc(C)cc1OC[C@@H]1CCCO1. The molecule has 0 unspecified atom stereocenters. The predicted molar refractivity (Wildman–Crippen MR) is 91.9 cm³/mol. The van der Waals surface area contributed by atoms with Crippen LogP contribution in [0.3, 0.4) is 0 Å². The van der Waals surface area contributed by atoms with Crippen LogP contribution in [0, 0.1) is 6.92 Å². The monoisotopic (exact) mass is 323 g/mol. The lowest BCUT2D eigenvalue weighted by atomic mass is 10.2. The average Bonchev–Trinajstić information content (AvgIpc) is 3.01. The molecule has 0 radical (unpaired) electrons. The number of rotatable bonds is 8. The molecule has 0 aromatic heterocycles. The molecule has 1 saturated heterocycles. The molecule has 5 heteroatoms. The highest BCUT2D eigenvalue weighted by Gasteiger charge is 2.17. The number of hydrogen-bond donors (Lipinski definition) is 1. The molecule has 1 amide bonds. The van der Waals surface area contributed by atoms with E-state index in [0.29, 0.717) is 13.0 Å². The second-order valence-corrected chi connectivity index (χ2v) is 6.83. The van der Waals surface area contributed by atoms with E-state index in [2.05, 4.69) is 12.2 Å². The zero-order chi connectivity index (χ0) is 15.8. The van der Waals surface area contributed by atoms with Crippen molar-refractivity contribution in [3.63, 3.8) is 0 Å². The van der Waals surface area contributed by atoms with Gasteiger partial charge in [-0.25, -0.2) is 0 Å². The fourth-order valence-corrected chi connectivity index (χ4v) is 2.95. The average molecular weight is 323 g/mol. The molecule has 1 aromatic carbocycles. The van der Waals surface area contributed by atoms with Gasteiger partial charge in [-0.15, -0.1) is 0 Å². The van der Waals surface area contributed by atoms with E-state index in [0.717, 1.165) is 48.0 Å². The first-order chi connectivity index (χ1) is 10.7. The summed E-state index contributed by atoms with van der Waals surface area (Å²) < 4.78 is 11.5. The van der Waals surface area contributed by atoms with E-state index >= 15 is 0 Å². The summed E-state index contributed by atoms with van der Waals surface area (Å²) in [6.07, 6.45) is 2.84. The highest BCUT2D eigenvalue weighted by atomic mass is 32.2. The van der Waals surface area contributed by atoms with Crippen LogP contribution in [0.2, 0.25) is 0 Å². The van der Waals surface area contributed by atoms with Gasteiger partial charge in [-0.3, -0.25) is 4.79 Å². The zero-order valence-corrected chi connectivity index (χ0v) is 14.2. The summed E-state index contributed by atoms with van der Waals surface area (Å²) in [6.45, 7) is 5.47. The summed E-state index contributed by atoms with van der Waals surface area (Å²) in [5.74, 6) is 2.65. The highest BCUT2D eigenvalue weighted by Crippen LogP contribution is 2.27. The number of hydrogen-bond acceptors (Lipinski definition) is 4. The standard InChI is InChI=1S/C17H25NO3S/c1-3-22-10-8-17(19)18-15-7-6-13(2)11-16(15)21-12-14-5-4-9-20-14/h6-7,11,14H,3-5,8-10,12H2,1-2H3,(H,18,19)/t14-/m0/s1. The highest BCUT2D eigenvalue weighted by molar-refractivity contribution is 7.99. The summed E-state index contributed by atoms with van der Waals surface area (Å²) in [7, 11) is 0. The minimum Gasteiger partial charge on any atom is -0.489 e. The van der Waals surface area contributed by atoms with Gasteiger partial charge in [0.1, 0.15) is 12.4 Å². The van der Waals surface area contributed by atoms with Crippen LogP contribution in [-0.4, -0.2) is 36.7 Å². The Labute approximate surface area is 137 Å². The van der Waals surface area contributed by atoms with E-state index in [9.17, 15) is 4.79 Å². The molecule has 4 nitrogen and oxygen atoms in total. The lowest BCUT2D eigenvalue weighted by molar-refractivity contribution is -0.115. The third-order valence-electron chi connectivity index (χ3n) is 3.54. The van der Waals surface area contributed by atoms with Crippen LogP contribution in [0.25, 0.3) is 0 Å². The molecule has 1 N–H and O–H groups in total. The second kappa shape index (κ2) is 9.06. The van der Waals surface area contributed by atoms with Crippen molar-refractivity contribution in [2.75, 3.05) is 30.0 Å². The Bertz CT molecular complexity index is 487. The number of benzene rings is 1. The molecule has 1 atom stereocenters. The van der Waals surface area contributed by atoms with Crippen LogP contribution in [-0.2, 0) is 9.53 Å². The Morgan fingerprint density at radius 2 is 2.36 bits per heavy atom. The lowest BCUT2D eigenvalue weighted by Gasteiger charge is -2.16. The topological polar surface area (TPSA) is 47.6 Å². The number of ether oxygens (including phenoxy) is 2. The number of anilines is 1. The largest absolute Gasteiger partial charge is 0.489 e. The molecule has 2 rings (SSSR count). The Balaban J connectivity index is 1.92. The van der Waals surface area contributed by atoms with Crippen LogP contribution in [0.5, 0.6) is 5.75 Å². The summed E-state index contributed by atoms with van der Waals surface area (Å²) in [4.78, 5) is 12.0. The smallest absolute Gasteiger partial charge is 0.225 e. The van der Waals surface area contributed by atoms with Crippen molar-refractivity contribution in [1.82, 2.24) is 0 Å². The van der Waals surface area contributed by atoms with Gasteiger partial charge >= 0.3 is 0 Å². The number of nitrogens with one attached hydrogen (secondary N) is 1. The van der Waals surface area contributed by atoms with Crippen LogP contribution in [0.15, 0.2) is 18.2 Å². The van der Waals surface area contributed by atoms with E-state index in [1.54, 1.807) is 11.8 Å². The van der Waals surface area contributed by atoms with E-state index in [4.69, 9.17) is 9.47 Å². The maximum Gasteiger partial charge on any atom is 0.225 e. The van der Waals surface area contributed by atoms with Crippen molar-refractivity contribution in [3.8, 4) is 5.75 Å². The molecule has 1 aromatic rings. The minimum atomic E-state index is 0.0340. The fourth-order valence-electron chi connectivity index (χ4n) is 2.33. The molecule has 1 fully saturated rings. The number of thioether (sulfide) groups is 1. The van der Waals surface area contributed by atoms with Crippen molar-refractivity contribution in [2.24, 2.45) is 0 Å². The van der Waals surface area contributed by atoms with Crippen molar-refractivity contribution in [2.45, 2.75) is 39.2 Å². The van der Waals surface area contributed by atoms with E-state index in [-0.39, 0.29) is 12.0 Å². The Kier molecular flexibility index (Phi) is 7.06. The van der Waals surface area contributed by atoms with Gasteiger partial charge in [0, 0.05) is 18.8 Å². The molecule has 1 heterocycles. The Morgan fingerprint density at radius 3 is 3.09 bits per heavy atom. The van der Waals surface area contributed by atoms with Crippen LogP contribution in [0.1, 0.15) is 31.7 Å². The zero-order valence-electron chi connectivity index (χ0n) is 13.4. The number of aryl methyl sites for hydroxylation is 1. The first-order valence-electron chi connectivity index (χ1n) is 7.91. The molecule has 122 valence electrons. The molecule has 1 aliphatic rings. The van der Waals surface area contributed by atoms with Gasteiger partial charge in [0.15, 0.2) is 0 Å². The van der Waals surface area contributed by atoms with Crippen LogP contribution < -0.4 is 10.1 Å². The van der Waals surface area contributed by atoms with E-state index in [1.165, 1.54) is 0 Å². The summed E-state index contributed by atoms with van der Waals surface area (Å²) in [5, 5.41) is 2.95. The third-order valence-corrected chi connectivity index (χ3v) is 4.44. The molecule has 1 aliphatic heterocycles. The molecular weight excluding hydrogens is 298 g/mol. The summed E-state index contributed by atoms with van der Waals surface area (Å²) >= 11 is 1.77. The number of amides is 1. The third kappa shape index (κ3) is 5.54. The van der Waals surface area contributed by atoms with Crippen molar-refractivity contribution >= 4 is 23.4 Å². The molecular formula is C17H25NO3S. The quantitative estimate of drug-likeness (QED) is 0.742. The Hall–Kier alpha value is -1.20. The van der Waals surface area contributed by atoms with Crippen LogP contribution >= 0.6 is 11.8 Å². The van der Waals surface area contributed by atoms with Gasteiger partial charge in [-0.1, -0.05) is 13.0 Å². The summed E-state index contributed by atoms with van der Waals surface area (Å²) in [6, 6.07) is 5.85. The molecule has 0 saturated carbocycles. The molecule has 0 bridgehead atoms.